The second-order valence-electron chi connectivity index (χ2n) is 12.4. The summed E-state index contributed by atoms with van der Waals surface area (Å²) in [6.07, 6.45) is 3.39. The lowest BCUT2D eigenvalue weighted by Crippen LogP contribution is -2.48. The number of benzene rings is 2. The number of fused-ring (bicyclic) bond motifs is 1. The number of aryl methyl sites for hydroxylation is 1. The number of hydrogen-bond donors (Lipinski definition) is 1. The highest BCUT2D eigenvalue weighted by Gasteiger charge is 2.28. The summed E-state index contributed by atoms with van der Waals surface area (Å²) in [5.41, 5.74) is 10.8. The number of aromatic nitrogens is 3. The molecule has 0 spiro atoms. The van der Waals surface area contributed by atoms with Gasteiger partial charge in [-0.3, -0.25) is 14.5 Å². The molecule has 12 nitrogen and oxygen atoms in total. The quantitative estimate of drug-likeness (QED) is 0.0402. The molecule has 1 amide bonds. The van der Waals surface area contributed by atoms with Crippen LogP contribution in [0.1, 0.15) is 43.0 Å². The zero-order chi connectivity index (χ0) is 38.1. The van der Waals surface area contributed by atoms with Crippen molar-refractivity contribution in [3.8, 4) is 11.5 Å². The topological polar surface area (TPSA) is 134 Å². The van der Waals surface area contributed by atoms with Crippen molar-refractivity contribution >= 4 is 28.9 Å². The Hall–Kier alpha value is -4.87. The van der Waals surface area contributed by atoms with Crippen LogP contribution in [0.2, 0.25) is 0 Å². The smallest absolute Gasteiger partial charge is 0.313 e. The van der Waals surface area contributed by atoms with Crippen LogP contribution >= 0.6 is 0 Å². The summed E-state index contributed by atoms with van der Waals surface area (Å²) in [4.78, 5) is 37.5. The van der Waals surface area contributed by atoms with Crippen LogP contribution in [-0.2, 0) is 38.6 Å². The van der Waals surface area contributed by atoms with Crippen molar-refractivity contribution in [2.45, 2.75) is 45.7 Å². The molecule has 2 N–H and O–H groups in total. The third kappa shape index (κ3) is 9.77. The zero-order valence-electron chi connectivity index (χ0n) is 29.4. The molecule has 1 aliphatic rings. The lowest BCUT2D eigenvalue weighted by atomic mass is 10.1. The monoisotopic (exact) mass is 748 g/mol. The Balaban J connectivity index is 0.982. The Labute approximate surface area is 302 Å². The number of nitrogens with zero attached hydrogens (tertiary/aromatic N) is 5. The molecule has 2 aromatic carbocycles. The first kappa shape index (κ1) is 39.3. The lowest BCUT2D eigenvalue weighted by molar-refractivity contribution is -0.137. The van der Waals surface area contributed by atoms with Crippen molar-refractivity contribution in [2.24, 2.45) is 0 Å². The number of anilines is 1. The van der Waals surface area contributed by atoms with Gasteiger partial charge in [0.1, 0.15) is 5.75 Å². The number of piperazine rings is 1. The number of rotatable bonds is 17. The third-order valence-corrected chi connectivity index (χ3v) is 8.68. The molecule has 0 aliphatic carbocycles. The van der Waals surface area contributed by atoms with Crippen LogP contribution in [0.5, 0.6) is 11.5 Å². The Kier molecular flexibility index (Phi) is 13.5. The van der Waals surface area contributed by atoms with Gasteiger partial charge in [0.2, 0.25) is 46.7 Å². The Bertz CT molecular complexity index is 1890. The number of nitrogens with two attached hydrogens (primary N) is 1. The van der Waals surface area contributed by atoms with Crippen LogP contribution in [0.4, 0.5) is 27.9 Å². The van der Waals surface area contributed by atoms with Crippen LogP contribution < -0.4 is 15.2 Å². The molecule has 17 heteroatoms. The van der Waals surface area contributed by atoms with E-state index < -0.39 is 47.2 Å². The molecular formula is C36H41F5N6O6. The number of hydrogen-bond acceptors (Lipinski definition) is 10. The molecule has 1 fully saturated rings. The summed E-state index contributed by atoms with van der Waals surface area (Å²) in [6.45, 7) is 5.98. The maximum atomic E-state index is 13.7. The standard InChI is InChI=1S/C36H41F5N6O6/c1-3-4-24-34-25(44-36(42)43-24)7-10-47(34)21-23-6-5-22(19-26(23)50-2)20-45-11-13-46(14-12-45)27(48)8-15-51-17-18-52-16-9-28(49)53-35-32(40)30(38)29(37)31(39)33(35)41/h5-7,10,19H,3-4,8-9,11-18,20-21H2,1-2H3,(H2,42,43,44). The molecule has 0 atom stereocenters. The fourth-order valence-electron chi connectivity index (χ4n) is 6.00. The van der Waals surface area contributed by atoms with Gasteiger partial charge >= 0.3 is 5.97 Å². The van der Waals surface area contributed by atoms with Gasteiger partial charge in [-0.15, -0.1) is 0 Å². The second-order valence-corrected chi connectivity index (χ2v) is 12.4. The number of halogens is 5. The first-order valence-electron chi connectivity index (χ1n) is 17.1. The highest BCUT2D eigenvalue weighted by molar-refractivity contribution is 5.79. The van der Waals surface area contributed by atoms with Gasteiger partial charge in [-0.1, -0.05) is 25.5 Å². The van der Waals surface area contributed by atoms with Crippen molar-refractivity contribution in [1.82, 2.24) is 24.3 Å². The summed E-state index contributed by atoms with van der Waals surface area (Å²) in [5, 5.41) is 0. The minimum Gasteiger partial charge on any atom is -0.496 e. The van der Waals surface area contributed by atoms with Crippen LogP contribution in [-0.4, -0.2) is 95.9 Å². The van der Waals surface area contributed by atoms with E-state index in [9.17, 15) is 31.5 Å². The number of ether oxygens (including phenoxy) is 4. The van der Waals surface area contributed by atoms with E-state index in [1.54, 1.807) is 12.0 Å². The number of methoxy groups -OCH3 is 1. The van der Waals surface area contributed by atoms with Gasteiger partial charge in [0.25, 0.3) is 0 Å². The zero-order valence-corrected chi connectivity index (χ0v) is 29.4. The molecule has 0 saturated carbocycles. The maximum absolute atomic E-state index is 13.7. The molecule has 1 aliphatic heterocycles. The van der Waals surface area contributed by atoms with Crippen LogP contribution in [0, 0.1) is 29.1 Å². The summed E-state index contributed by atoms with van der Waals surface area (Å²) in [5.74, 6) is -13.2. The normalized spacial score (nSPS) is 13.5. The maximum Gasteiger partial charge on any atom is 0.313 e. The molecule has 286 valence electrons. The number of nitrogen functional groups attached to an aromatic ring is 1. The molecular weight excluding hydrogens is 707 g/mol. The highest BCUT2D eigenvalue weighted by atomic mass is 19.2. The molecule has 53 heavy (non-hydrogen) atoms. The molecule has 0 radical (unpaired) electrons. The SMILES string of the molecule is CCCc1nc(N)nc2ccn(Cc3ccc(CN4CCN(C(=O)CCOCCOCCC(=O)Oc5c(F)c(F)c(F)c(F)c5F)CC4)cc3OC)c12. The molecule has 0 unspecified atom stereocenters. The van der Waals surface area contributed by atoms with E-state index in [0.717, 1.165) is 46.4 Å². The molecule has 1 saturated heterocycles. The van der Waals surface area contributed by atoms with Crippen molar-refractivity contribution in [2.75, 3.05) is 65.5 Å². The molecule has 2 aromatic heterocycles. The highest BCUT2D eigenvalue weighted by Crippen LogP contribution is 2.30. The van der Waals surface area contributed by atoms with E-state index in [0.29, 0.717) is 39.3 Å². The fourth-order valence-corrected chi connectivity index (χ4v) is 6.00. The van der Waals surface area contributed by atoms with Crippen molar-refractivity contribution in [1.29, 1.82) is 0 Å². The van der Waals surface area contributed by atoms with Gasteiger partial charge < -0.3 is 34.1 Å². The number of carbonyl (C=O) groups excluding carboxylic acids is 2. The van der Waals surface area contributed by atoms with Crippen LogP contribution in [0.15, 0.2) is 30.5 Å². The minimum absolute atomic E-state index is 0.0299. The first-order valence-corrected chi connectivity index (χ1v) is 17.1. The molecule has 4 aromatic rings. The Morgan fingerprint density at radius 3 is 2.15 bits per heavy atom. The average Bonchev–Trinajstić information content (AvgIpc) is 3.55. The fraction of sp³-hybridized carbons (Fsp3) is 0.444. The molecule has 5 rings (SSSR count). The van der Waals surface area contributed by atoms with Crippen LogP contribution in [0.25, 0.3) is 11.0 Å². The van der Waals surface area contributed by atoms with Gasteiger partial charge in [-0.05, 0) is 24.1 Å². The summed E-state index contributed by atoms with van der Waals surface area (Å²) in [6, 6.07) is 8.16. The predicted molar refractivity (Wildman–Crippen MR) is 183 cm³/mol. The number of carbonyl (C=O) groups is 2. The minimum atomic E-state index is -2.36. The van der Waals surface area contributed by atoms with Crippen LogP contribution in [0.3, 0.4) is 0 Å². The molecule has 3 heterocycles. The predicted octanol–water partition coefficient (Wildman–Crippen LogP) is 4.78. The van der Waals surface area contributed by atoms with E-state index in [-0.39, 0.29) is 44.7 Å². The second kappa shape index (κ2) is 18.3. The average molecular weight is 749 g/mol. The Morgan fingerprint density at radius 2 is 1.49 bits per heavy atom. The molecule has 0 bridgehead atoms. The van der Waals surface area contributed by atoms with E-state index >= 15 is 0 Å². The Morgan fingerprint density at radius 1 is 0.830 bits per heavy atom. The van der Waals surface area contributed by atoms with Gasteiger partial charge in [0.05, 0.1) is 69.7 Å². The van der Waals surface area contributed by atoms with Crippen molar-refractivity contribution < 1.29 is 50.5 Å². The summed E-state index contributed by atoms with van der Waals surface area (Å²) < 4.78 is 89.8. The van der Waals surface area contributed by atoms with Crippen molar-refractivity contribution in [3.63, 3.8) is 0 Å². The summed E-state index contributed by atoms with van der Waals surface area (Å²) in [7, 11) is 1.66. The first-order chi connectivity index (χ1) is 25.5. The lowest BCUT2D eigenvalue weighted by Gasteiger charge is -2.35. The van der Waals surface area contributed by atoms with Gasteiger partial charge in [-0.2, -0.15) is 8.78 Å². The van der Waals surface area contributed by atoms with E-state index in [4.69, 9.17) is 19.9 Å². The van der Waals surface area contributed by atoms with Gasteiger partial charge in [-0.25, -0.2) is 23.1 Å². The summed E-state index contributed by atoms with van der Waals surface area (Å²) >= 11 is 0. The van der Waals surface area contributed by atoms with Crippen molar-refractivity contribution in [3.05, 3.63) is 76.4 Å². The van der Waals surface area contributed by atoms with E-state index in [1.165, 1.54) is 0 Å². The largest absolute Gasteiger partial charge is 0.496 e. The number of esters is 1. The van der Waals surface area contributed by atoms with Gasteiger partial charge in [0.15, 0.2) is 0 Å². The third-order valence-electron chi connectivity index (χ3n) is 8.68. The van der Waals surface area contributed by atoms with E-state index in [1.807, 2.05) is 18.3 Å². The number of amides is 1. The van der Waals surface area contributed by atoms with Gasteiger partial charge in [0, 0.05) is 44.5 Å². The van der Waals surface area contributed by atoms with E-state index in [2.05, 4.69) is 43.2 Å².